The second kappa shape index (κ2) is 5.21. The summed E-state index contributed by atoms with van der Waals surface area (Å²) in [6, 6.07) is 18.9. The normalized spacial score (nSPS) is 10.9. The molecule has 0 bridgehead atoms. The smallest absolute Gasteiger partial charge is 0.0735 e. The van der Waals surface area contributed by atoms with Crippen LogP contribution in [-0.4, -0.2) is 4.98 Å². The Bertz CT molecular complexity index is 642. The third-order valence-corrected chi connectivity index (χ3v) is 4.61. The summed E-state index contributed by atoms with van der Waals surface area (Å²) in [7, 11) is 0. The molecular weight excluding hydrogens is 306 g/mol. The lowest BCUT2D eigenvalue weighted by molar-refractivity contribution is 1.23. The van der Waals surface area contributed by atoms with Gasteiger partial charge < -0.3 is 4.98 Å². The molecule has 0 radical (unpaired) electrons. The van der Waals surface area contributed by atoms with E-state index in [2.05, 4.69) is 69.4 Å². The molecule has 0 fully saturated rings. The highest BCUT2D eigenvalue weighted by molar-refractivity contribution is 9.10. The predicted octanol–water partition coefficient (Wildman–Crippen LogP) is 5.22. The van der Waals surface area contributed by atoms with Crippen molar-refractivity contribution in [1.29, 1.82) is 0 Å². The lowest BCUT2D eigenvalue weighted by Gasteiger charge is -2.02. The van der Waals surface area contributed by atoms with Crippen LogP contribution < -0.4 is 0 Å². The van der Waals surface area contributed by atoms with Crippen LogP contribution in [0, 0.1) is 0 Å². The van der Waals surface area contributed by atoms with E-state index in [1.165, 1.54) is 26.0 Å². The van der Waals surface area contributed by atoms with Crippen LogP contribution in [0.2, 0.25) is 0 Å². The lowest BCUT2D eigenvalue weighted by atomic mass is 10.2. The molecular formula is C15H12BrNS. The monoisotopic (exact) mass is 317 g/mol. The Labute approximate surface area is 119 Å². The van der Waals surface area contributed by atoms with Gasteiger partial charge in [0.25, 0.3) is 0 Å². The minimum absolute atomic E-state index is 0.967. The number of halogens is 1. The van der Waals surface area contributed by atoms with Crippen LogP contribution in [0.3, 0.4) is 0 Å². The van der Waals surface area contributed by atoms with E-state index in [0.717, 1.165) is 5.75 Å². The van der Waals surface area contributed by atoms with E-state index in [9.17, 15) is 0 Å². The van der Waals surface area contributed by atoms with Gasteiger partial charge in [0.2, 0.25) is 0 Å². The van der Waals surface area contributed by atoms with Crippen molar-refractivity contribution in [3.8, 4) is 0 Å². The molecule has 0 saturated carbocycles. The second-order valence-electron chi connectivity index (χ2n) is 4.10. The molecule has 1 heterocycles. The summed E-state index contributed by atoms with van der Waals surface area (Å²) >= 11 is 5.41. The molecule has 0 aliphatic heterocycles. The Morgan fingerprint density at radius 3 is 2.61 bits per heavy atom. The number of aromatic amines is 1. The summed E-state index contributed by atoms with van der Waals surface area (Å²) in [5.74, 6) is 0.967. The van der Waals surface area contributed by atoms with Gasteiger partial charge in [0, 0.05) is 21.1 Å². The van der Waals surface area contributed by atoms with Gasteiger partial charge in [-0.15, -0.1) is 11.8 Å². The fourth-order valence-electron chi connectivity index (χ4n) is 1.90. The Kier molecular flexibility index (Phi) is 3.43. The topological polar surface area (TPSA) is 15.8 Å². The van der Waals surface area contributed by atoms with E-state index in [0.29, 0.717) is 0 Å². The molecule has 3 aromatic rings. The van der Waals surface area contributed by atoms with Crippen LogP contribution in [0.5, 0.6) is 0 Å². The van der Waals surface area contributed by atoms with Crippen molar-refractivity contribution in [2.24, 2.45) is 0 Å². The molecule has 0 amide bonds. The first-order valence-corrected chi connectivity index (χ1v) is 7.55. The number of hydrogen-bond acceptors (Lipinski definition) is 1. The first-order valence-electron chi connectivity index (χ1n) is 5.77. The first kappa shape index (κ1) is 11.9. The molecule has 3 heteroatoms. The molecule has 2 aromatic carbocycles. The lowest BCUT2D eigenvalue weighted by Crippen LogP contribution is -1.81. The van der Waals surface area contributed by atoms with E-state index < -0.39 is 0 Å². The standard InChI is InChI=1S/C15H12BrNS/c16-13-7-3-1-6-12(13)10-18-15-9-11-5-2-4-8-14(11)17-15/h1-9,17H,10H2. The van der Waals surface area contributed by atoms with Gasteiger partial charge in [-0.05, 0) is 23.8 Å². The van der Waals surface area contributed by atoms with Gasteiger partial charge in [-0.3, -0.25) is 0 Å². The van der Waals surface area contributed by atoms with Crippen molar-refractivity contribution in [2.75, 3.05) is 0 Å². The van der Waals surface area contributed by atoms with E-state index in [1.807, 2.05) is 17.8 Å². The molecule has 90 valence electrons. The molecule has 1 N–H and O–H groups in total. The van der Waals surface area contributed by atoms with Crippen molar-refractivity contribution in [2.45, 2.75) is 10.8 Å². The van der Waals surface area contributed by atoms with Crippen molar-refractivity contribution in [3.05, 3.63) is 64.6 Å². The molecule has 0 aliphatic carbocycles. The first-order chi connectivity index (χ1) is 8.83. The van der Waals surface area contributed by atoms with Gasteiger partial charge in [-0.25, -0.2) is 0 Å². The number of benzene rings is 2. The maximum atomic E-state index is 3.58. The summed E-state index contributed by atoms with van der Waals surface area (Å²) in [5.41, 5.74) is 2.52. The van der Waals surface area contributed by atoms with Gasteiger partial charge in [-0.1, -0.05) is 52.3 Å². The number of rotatable bonds is 3. The van der Waals surface area contributed by atoms with E-state index in [1.54, 1.807) is 0 Å². The number of H-pyrrole nitrogens is 1. The molecule has 0 saturated heterocycles. The molecule has 0 spiro atoms. The van der Waals surface area contributed by atoms with Gasteiger partial charge in [0.1, 0.15) is 0 Å². The number of aromatic nitrogens is 1. The number of fused-ring (bicyclic) bond motifs is 1. The Hall–Kier alpha value is -1.19. The summed E-state index contributed by atoms with van der Waals surface area (Å²) in [6.07, 6.45) is 0. The quantitative estimate of drug-likeness (QED) is 0.654. The summed E-state index contributed by atoms with van der Waals surface area (Å²) < 4.78 is 1.17. The zero-order valence-electron chi connectivity index (χ0n) is 9.69. The van der Waals surface area contributed by atoms with Crippen LogP contribution in [0.15, 0.2) is 64.1 Å². The highest BCUT2D eigenvalue weighted by Crippen LogP contribution is 2.28. The van der Waals surface area contributed by atoms with Crippen molar-refractivity contribution in [1.82, 2.24) is 4.98 Å². The minimum Gasteiger partial charge on any atom is -0.350 e. The fraction of sp³-hybridized carbons (Fsp3) is 0.0667. The van der Waals surface area contributed by atoms with Crippen LogP contribution in [0.25, 0.3) is 10.9 Å². The SMILES string of the molecule is Brc1ccccc1CSc1cc2ccccc2[nH]1. The maximum absolute atomic E-state index is 3.58. The third-order valence-electron chi connectivity index (χ3n) is 2.85. The van der Waals surface area contributed by atoms with Crippen LogP contribution in [0.1, 0.15) is 5.56 Å². The summed E-state index contributed by atoms with van der Waals surface area (Å²) in [6.45, 7) is 0. The maximum Gasteiger partial charge on any atom is 0.0735 e. The second-order valence-corrected chi connectivity index (χ2v) is 5.97. The van der Waals surface area contributed by atoms with Crippen LogP contribution in [0.4, 0.5) is 0 Å². The van der Waals surface area contributed by atoms with Crippen LogP contribution in [-0.2, 0) is 5.75 Å². The molecule has 0 unspecified atom stereocenters. The average molecular weight is 318 g/mol. The zero-order valence-corrected chi connectivity index (χ0v) is 12.1. The Morgan fingerprint density at radius 2 is 1.78 bits per heavy atom. The van der Waals surface area contributed by atoms with Crippen LogP contribution >= 0.6 is 27.7 Å². The van der Waals surface area contributed by atoms with Gasteiger partial charge >= 0.3 is 0 Å². The van der Waals surface area contributed by atoms with Crippen molar-refractivity contribution < 1.29 is 0 Å². The molecule has 0 atom stereocenters. The number of thioether (sulfide) groups is 1. The fourth-order valence-corrected chi connectivity index (χ4v) is 3.46. The van der Waals surface area contributed by atoms with Crippen molar-refractivity contribution in [3.63, 3.8) is 0 Å². The van der Waals surface area contributed by atoms with E-state index >= 15 is 0 Å². The minimum atomic E-state index is 0.967. The Balaban J connectivity index is 1.79. The van der Waals surface area contributed by atoms with Gasteiger partial charge in [0.15, 0.2) is 0 Å². The summed E-state index contributed by atoms with van der Waals surface area (Å²) in [4.78, 5) is 3.43. The summed E-state index contributed by atoms with van der Waals surface area (Å²) in [5, 5.41) is 2.49. The molecule has 1 nitrogen and oxygen atoms in total. The number of nitrogens with one attached hydrogen (secondary N) is 1. The largest absolute Gasteiger partial charge is 0.350 e. The molecule has 1 aromatic heterocycles. The molecule has 0 aliphatic rings. The Morgan fingerprint density at radius 1 is 1.00 bits per heavy atom. The molecule has 3 rings (SSSR count). The van der Waals surface area contributed by atoms with Gasteiger partial charge in [0.05, 0.1) is 5.03 Å². The van der Waals surface area contributed by atoms with E-state index in [4.69, 9.17) is 0 Å². The molecule has 18 heavy (non-hydrogen) atoms. The average Bonchev–Trinajstić information content (AvgIpc) is 2.80. The third kappa shape index (κ3) is 2.47. The zero-order chi connectivity index (χ0) is 12.4. The number of hydrogen-bond donors (Lipinski definition) is 1. The van der Waals surface area contributed by atoms with E-state index in [-0.39, 0.29) is 0 Å². The van der Waals surface area contributed by atoms with Crippen molar-refractivity contribution >= 4 is 38.6 Å². The highest BCUT2D eigenvalue weighted by atomic mass is 79.9. The predicted molar refractivity (Wildman–Crippen MR) is 82.0 cm³/mol. The number of para-hydroxylation sites is 1. The van der Waals surface area contributed by atoms with Gasteiger partial charge in [-0.2, -0.15) is 0 Å². The highest BCUT2D eigenvalue weighted by Gasteiger charge is 2.03.